The number of carbonyl (C=O) groups excluding carboxylic acids is 4. The molecule has 5 N–H and O–H groups in total. The topological polar surface area (TPSA) is 203 Å². The molecule has 15 heteroatoms. The Morgan fingerprint density at radius 2 is 1.93 bits per heavy atom. The van der Waals surface area contributed by atoms with Gasteiger partial charge in [0.1, 0.15) is 6.04 Å². The number of aromatic nitrogens is 1. The lowest BCUT2D eigenvalue weighted by Crippen LogP contribution is -2.66. The van der Waals surface area contributed by atoms with Gasteiger partial charge in [-0.05, 0) is 0 Å². The summed E-state index contributed by atoms with van der Waals surface area (Å²) in [6.45, 7) is -1.05. The summed E-state index contributed by atoms with van der Waals surface area (Å²) in [5.41, 5.74) is 4.84. The van der Waals surface area contributed by atoms with Crippen molar-refractivity contribution in [1.29, 1.82) is 0 Å². The van der Waals surface area contributed by atoms with Gasteiger partial charge in [-0.2, -0.15) is 8.42 Å². The zero-order valence-corrected chi connectivity index (χ0v) is 15.5. The first-order valence-corrected chi connectivity index (χ1v) is 9.60. The Morgan fingerprint density at radius 3 is 2.52 bits per heavy atom. The van der Waals surface area contributed by atoms with Gasteiger partial charge in [0.05, 0.1) is 19.6 Å². The summed E-state index contributed by atoms with van der Waals surface area (Å²) in [5, 5.41) is 9.21. The zero-order valence-electron chi connectivity index (χ0n) is 14.7. The van der Waals surface area contributed by atoms with E-state index >= 15 is 0 Å². The fourth-order valence-electron chi connectivity index (χ4n) is 2.70. The number of rotatable bonds is 4. The molecule has 14 nitrogen and oxygen atoms in total. The Labute approximate surface area is 163 Å². The molecule has 0 aromatic carbocycles. The fourth-order valence-corrected chi connectivity index (χ4v) is 3.76. The first-order valence-electron chi connectivity index (χ1n) is 8.16. The molecule has 3 heterocycles. The number of nitrogens with one attached hydrogen (secondary N) is 2. The van der Waals surface area contributed by atoms with E-state index < -0.39 is 57.7 Å². The van der Waals surface area contributed by atoms with Gasteiger partial charge in [0, 0.05) is 24.5 Å². The molecule has 1 atom stereocenters. The monoisotopic (exact) mass is 428 g/mol. The highest BCUT2D eigenvalue weighted by atomic mass is 32.2. The van der Waals surface area contributed by atoms with E-state index in [-0.39, 0.29) is 29.6 Å². The average Bonchev–Trinajstić information content (AvgIpc) is 2.65. The van der Waals surface area contributed by atoms with Crippen LogP contribution in [0.1, 0.15) is 5.69 Å². The molecule has 0 radical (unpaired) electrons. The molecule has 0 spiro atoms. The molecular formula is C14H16N6O8S. The van der Waals surface area contributed by atoms with Gasteiger partial charge in [-0.3, -0.25) is 24.1 Å². The Balaban J connectivity index is 1.67. The van der Waals surface area contributed by atoms with Crippen LogP contribution in [0.15, 0.2) is 17.1 Å². The second kappa shape index (κ2) is 7.17. The number of imide groups is 1. The first kappa shape index (κ1) is 20.3. The molecule has 1 unspecified atom stereocenters. The van der Waals surface area contributed by atoms with Gasteiger partial charge < -0.3 is 20.7 Å². The molecule has 2 fully saturated rings. The smallest absolute Gasteiger partial charge is 0.339 e. The molecule has 5 amide bonds. The Bertz CT molecular complexity index is 1070. The van der Waals surface area contributed by atoms with Crippen molar-refractivity contribution < 1.29 is 32.7 Å². The number of H-pyrrole nitrogens is 1. The van der Waals surface area contributed by atoms with Crippen LogP contribution in [0.4, 0.5) is 4.79 Å². The van der Waals surface area contributed by atoms with Crippen LogP contribution >= 0.6 is 0 Å². The highest BCUT2D eigenvalue weighted by Gasteiger charge is 2.43. The van der Waals surface area contributed by atoms with Crippen molar-refractivity contribution >= 4 is 34.0 Å². The molecule has 0 saturated carbocycles. The number of aromatic hydroxyl groups is 1. The van der Waals surface area contributed by atoms with Crippen LogP contribution in [0.2, 0.25) is 0 Å². The van der Waals surface area contributed by atoms with E-state index in [4.69, 9.17) is 5.73 Å². The number of amides is 5. The SMILES string of the molecule is NC1CN(C(=O)NS(=O)(=O)N2CCN(Cc3cc(=O)c(O)c[nH]3)C(=O)C2=O)C1=O. The Morgan fingerprint density at radius 1 is 1.24 bits per heavy atom. The van der Waals surface area contributed by atoms with Crippen molar-refractivity contribution in [1.82, 2.24) is 23.8 Å². The molecule has 0 aliphatic carbocycles. The minimum atomic E-state index is -4.72. The average molecular weight is 428 g/mol. The van der Waals surface area contributed by atoms with Gasteiger partial charge in [0.25, 0.3) is 0 Å². The molecule has 2 aliphatic rings. The van der Waals surface area contributed by atoms with Gasteiger partial charge >= 0.3 is 28.1 Å². The van der Waals surface area contributed by atoms with Crippen LogP contribution in [0, 0.1) is 0 Å². The number of piperazine rings is 1. The van der Waals surface area contributed by atoms with Crippen molar-refractivity contribution in [3.8, 4) is 5.75 Å². The second-order valence-electron chi connectivity index (χ2n) is 6.28. The van der Waals surface area contributed by atoms with Crippen LogP contribution in [0.3, 0.4) is 0 Å². The van der Waals surface area contributed by atoms with Gasteiger partial charge in [0.15, 0.2) is 5.75 Å². The third kappa shape index (κ3) is 3.77. The van der Waals surface area contributed by atoms with E-state index in [1.165, 1.54) is 0 Å². The number of aromatic amines is 1. The van der Waals surface area contributed by atoms with Crippen LogP contribution in [0.25, 0.3) is 0 Å². The molecule has 0 bridgehead atoms. The summed E-state index contributed by atoms with van der Waals surface area (Å²) in [5.74, 6) is -3.88. The van der Waals surface area contributed by atoms with Crippen LogP contribution < -0.4 is 15.9 Å². The highest BCUT2D eigenvalue weighted by Crippen LogP contribution is 2.14. The van der Waals surface area contributed by atoms with Gasteiger partial charge in [-0.1, -0.05) is 0 Å². The highest BCUT2D eigenvalue weighted by molar-refractivity contribution is 7.88. The minimum absolute atomic E-state index is 0.175. The minimum Gasteiger partial charge on any atom is -0.503 e. The number of nitrogens with two attached hydrogens (primary N) is 1. The number of hydrogen-bond donors (Lipinski definition) is 4. The van der Waals surface area contributed by atoms with Crippen molar-refractivity contribution in [3.63, 3.8) is 0 Å². The molecule has 29 heavy (non-hydrogen) atoms. The number of urea groups is 1. The Hall–Kier alpha value is -3.46. The maximum atomic E-state index is 12.3. The summed E-state index contributed by atoms with van der Waals surface area (Å²) in [7, 11) is -4.72. The summed E-state index contributed by atoms with van der Waals surface area (Å²) in [4.78, 5) is 63.3. The van der Waals surface area contributed by atoms with E-state index in [0.717, 1.165) is 17.2 Å². The lowest BCUT2D eigenvalue weighted by molar-refractivity contribution is -0.152. The van der Waals surface area contributed by atoms with Crippen molar-refractivity contribution in [2.24, 2.45) is 5.73 Å². The van der Waals surface area contributed by atoms with E-state index in [1.807, 2.05) is 0 Å². The number of hydrogen-bond acceptors (Lipinski definition) is 9. The van der Waals surface area contributed by atoms with Crippen LogP contribution in [0.5, 0.6) is 5.75 Å². The summed E-state index contributed by atoms with van der Waals surface area (Å²) in [6.07, 6.45) is 1.02. The maximum absolute atomic E-state index is 12.3. The predicted octanol–water partition coefficient (Wildman–Crippen LogP) is -3.62. The molecule has 3 rings (SSSR count). The predicted molar refractivity (Wildman–Crippen MR) is 93.0 cm³/mol. The molecule has 1 aromatic heterocycles. The van der Waals surface area contributed by atoms with E-state index in [2.05, 4.69) is 4.98 Å². The number of β-lactam (4-membered cyclic amide) rings is 1. The third-order valence-electron chi connectivity index (χ3n) is 4.30. The maximum Gasteiger partial charge on any atom is 0.339 e. The molecule has 1 aromatic rings. The summed E-state index contributed by atoms with van der Waals surface area (Å²) < 4.78 is 26.3. The van der Waals surface area contributed by atoms with E-state index in [0.29, 0.717) is 4.90 Å². The number of carbonyl (C=O) groups is 4. The number of pyridine rings is 1. The quantitative estimate of drug-likeness (QED) is 0.275. The third-order valence-corrected chi connectivity index (χ3v) is 5.66. The van der Waals surface area contributed by atoms with E-state index in [9.17, 15) is 37.5 Å². The van der Waals surface area contributed by atoms with Crippen LogP contribution in [-0.2, 0) is 31.1 Å². The van der Waals surface area contributed by atoms with Crippen molar-refractivity contribution in [3.05, 3.63) is 28.2 Å². The largest absolute Gasteiger partial charge is 0.503 e. The lowest BCUT2D eigenvalue weighted by atomic mass is 10.1. The van der Waals surface area contributed by atoms with E-state index in [1.54, 1.807) is 4.72 Å². The molecule has 2 saturated heterocycles. The Kier molecular flexibility index (Phi) is 5.02. The van der Waals surface area contributed by atoms with Gasteiger partial charge in [0.2, 0.25) is 11.3 Å². The zero-order chi connectivity index (χ0) is 21.5. The molecule has 156 valence electrons. The van der Waals surface area contributed by atoms with Crippen molar-refractivity contribution in [2.75, 3.05) is 19.6 Å². The summed E-state index contributed by atoms with van der Waals surface area (Å²) in [6, 6.07) is -1.15. The molecular weight excluding hydrogens is 412 g/mol. The number of likely N-dealkylation sites (tertiary alicyclic amines) is 1. The standard InChI is InChI=1S/C14H16N6O8S/c15-8-6-19(11(8)23)14(26)17-29(27,28)20-2-1-18(12(24)13(20)25)5-7-3-9(21)10(22)4-16-7/h3-4,8,22H,1-2,5-6,15H2,(H,16,21)(H,17,26). The first-order chi connectivity index (χ1) is 13.5. The fraction of sp³-hybridized carbons (Fsp3) is 0.357. The normalized spacial score (nSPS) is 20.0. The van der Waals surface area contributed by atoms with Crippen LogP contribution in [-0.4, -0.2) is 82.0 Å². The van der Waals surface area contributed by atoms with Gasteiger partial charge in [-0.25, -0.2) is 13.8 Å². The second-order valence-corrected chi connectivity index (χ2v) is 7.87. The van der Waals surface area contributed by atoms with Gasteiger partial charge in [-0.15, -0.1) is 0 Å². The van der Waals surface area contributed by atoms with Crippen molar-refractivity contribution in [2.45, 2.75) is 12.6 Å². The summed E-state index contributed by atoms with van der Waals surface area (Å²) >= 11 is 0. The number of nitrogens with zero attached hydrogens (tertiary/aromatic N) is 3. The molecule has 2 aliphatic heterocycles. The lowest BCUT2D eigenvalue weighted by Gasteiger charge is -2.36.